The predicted molar refractivity (Wildman–Crippen MR) is 67.7 cm³/mol. The van der Waals surface area contributed by atoms with E-state index in [9.17, 15) is 0 Å². The molecular formula is C13H20N2O. The maximum atomic E-state index is 5.83. The van der Waals surface area contributed by atoms with Crippen LogP contribution in [0.4, 0.5) is 11.4 Å². The molecule has 0 amide bonds. The predicted octanol–water partition coefficient (Wildman–Crippen LogP) is 2.56. The quantitative estimate of drug-likeness (QED) is 0.753. The molecular weight excluding hydrogens is 200 g/mol. The number of anilines is 2. The van der Waals surface area contributed by atoms with Gasteiger partial charge in [0.15, 0.2) is 0 Å². The van der Waals surface area contributed by atoms with Crippen LogP contribution in [0, 0.1) is 6.92 Å². The molecule has 2 atom stereocenters. The van der Waals surface area contributed by atoms with Gasteiger partial charge in [-0.05, 0) is 50.5 Å². The summed E-state index contributed by atoms with van der Waals surface area (Å²) in [7, 11) is 0. The van der Waals surface area contributed by atoms with Gasteiger partial charge in [-0.25, -0.2) is 0 Å². The van der Waals surface area contributed by atoms with Crippen molar-refractivity contribution in [3.8, 4) is 0 Å². The van der Waals surface area contributed by atoms with Gasteiger partial charge in [0.25, 0.3) is 0 Å². The van der Waals surface area contributed by atoms with Crippen LogP contribution >= 0.6 is 0 Å². The minimum Gasteiger partial charge on any atom is -0.399 e. The molecule has 3 heteroatoms. The minimum absolute atomic E-state index is 0.355. The Balaban J connectivity index is 2.02. The van der Waals surface area contributed by atoms with Crippen molar-refractivity contribution in [3.05, 3.63) is 23.8 Å². The Bertz CT molecular complexity index is 345. The third-order valence-electron chi connectivity index (χ3n) is 2.96. The van der Waals surface area contributed by atoms with Crippen molar-refractivity contribution in [1.29, 1.82) is 0 Å². The molecule has 1 heterocycles. The van der Waals surface area contributed by atoms with E-state index in [4.69, 9.17) is 10.5 Å². The van der Waals surface area contributed by atoms with Crippen molar-refractivity contribution in [1.82, 2.24) is 0 Å². The summed E-state index contributed by atoms with van der Waals surface area (Å²) in [5.74, 6) is 0. The van der Waals surface area contributed by atoms with Crippen LogP contribution in [-0.4, -0.2) is 18.8 Å². The Labute approximate surface area is 97.0 Å². The topological polar surface area (TPSA) is 47.3 Å². The summed E-state index contributed by atoms with van der Waals surface area (Å²) in [6.07, 6.45) is 2.49. The molecule has 1 aliphatic rings. The van der Waals surface area contributed by atoms with Crippen LogP contribution in [-0.2, 0) is 4.74 Å². The van der Waals surface area contributed by atoms with Gasteiger partial charge in [0, 0.05) is 24.0 Å². The average Bonchev–Trinajstić information content (AvgIpc) is 2.15. The summed E-state index contributed by atoms with van der Waals surface area (Å²) in [4.78, 5) is 0. The number of hydrogen-bond donors (Lipinski definition) is 2. The van der Waals surface area contributed by atoms with Crippen molar-refractivity contribution < 1.29 is 4.74 Å². The van der Waals surface area contributed by atoms with Gasteiger partial charge in [0.2, 0.25) is 0 Å². The van der Waals surface area contributed by atoms with Crippen LogP contribution in [0.25, 0.3) is 0 Å². The van der Waals surface area contributed by atoms with Crippen molar-refractivity contribution >= 4 is 11.4 Å². The molecule has 2 rings (SSSR count). The fourth-order valence-electron chi connectivity index (χ4n) is 2.26. The molecule has 1 aromatic carbocycles. The first-order valence-corrected chi connectivity index (χ1v) is 5.89. The number of aryl methyl sites for hydroxylation is 1. The van der Waals surface area contributed by atoms with Gasteiger partial charge in [-0.15, -0.1) is 0 Å². The normalized spacial score (nSPS) is 25.4. The van der Waals surface area contributed by atoms with E-state index in [0.29, 0.717) is 12.1 Å². The molecule has 0 aliphatic carbocycles. The maximum absolute atomic E-state index is 5.83. The molecule has 0 spiro atoms. The lowest BCUT2D eigenvalue weighted by Crippen LogP contribution is -2.32. The zero-order valence-electron chi connectivity index (χ0n) is 9.99. The Kier molecular flexibility index (Phi) is 3.34. The van der Waals surface area contributed by atoms with Crippen LogP contribution in [0.3, 0.4) is 0 Å². The number of nitrogens with two attached hydrogens (primary N) is 1. The minimum atomic E-state index is 0.355. The van der Waals surface area contributed by atoms with Gasteiger partial charge in [0.05, 0.1) is 6.10 Å². The number of hydrogen-bond acceptors (Lipinski definition) is 3. The standard InChI is InChI=1S/C13H20N2O/c1-9-5-11(14)8-13(6-9)15-12-3-4-16-10(2)7-12/h5-6,8,10,12,15H,3-4,7,14H2,1-2H3. The lowest BCUT2D eigenvalue weighted by molar-refractivity contribution is 0.0232. The molecule has 0 radical (unpaired) electrons. The molecule has 1 saturated heterocycles. The average molecular weight is 220 g/mol. The van der Waals surface area contributed by atoms with Crippen LogP contribution in [0.1, 0.15) is 25.3 Å². The van der Waals surface area contributed by atoms with Gasteiger partial charge in [-0.1, -0.05) is 0 Å². The molecule has 0 bridgehead atoms. The molecule has 1 aromatic rings. The highest BCUT2D eigenvalue weighted by Gasteiger charge is 2.18. The van der Waals surface area contributed by atoms with E-state index in [2.05, 4.69) is 25.2 Å². The van der Waals surface area contributed by atoms with Crippen LogP contribution in [0.2, 0.25) is 0 Å². The first kappa shape index (κ1) is 11.3. The zero-order chi connectivity index (χ0) is 11.5. The molecule has 16 heavy (non-hydrogen) atoms. The highest BCUT2D eigenvalue weighted by molar-refractivity contribution is 5.57. The summed E-state index contributed by atoms with van der Waals surface area (Å²) in [6, 6.07) is 6.62. The van der Waals surface area contributed by atoms with Crippen LogP contribution in [0.15, 0.2) is 18.2 Å². The Hall–Kier alpha value is -1.22. The molecule has 2 unspecified atom stereocenters. The fourth-order valence-corrected chi connectivity index (χ4v) is 2.26. The monoisotopic (exact) mass is 220 g/mol. The van der Waals surface area contributed by atoms with Gasteiger partial charge in [-0.3, -0.25) is 0 Å². The number of ether oxygens (including phenoxy) is 1. The summed E-state index contributed by atoms with van der Waals surface area (Å²) >= 11 is 0. The second-order valence-electron chi connectivity index (χ2n) is 4.68. The molecule has 3 N–H and O–H groups in total. The molecule has 3 nitrogen and oxygen atoms in total. The fraction of sp³-hybridized carbons (Fsp3) is 0.538. The molecule has 88 valence electrons. The third-order valence-corrected chi connectivity index (χ3v) is 2.96. The van der Waals surface area contributed by atoms with E-state index in [-0.39, 0.29) is 0 Å². The second kappa shape index (κ2) is 4.74. The smallest absolute Gasteiger partial charge is 0.0566 e. The first-order valence-electron chi connectivity index (χ1n) is 5.89. The summed E-state index contributed by atoms with van der Waals surface area (Å²) < 4.78 is 5.53. The Morgan fingerprint density at radius 1 is 1.38 bits per heavy atom. The van der Waals surface area contributed by atoms with E-state index in [0.717, 1.165) is 30.8 Å². The molecule has 0 aromatic heterocycles. The highest BCUT2D eigenvalue weighted by Crippen LogP contribution is 2.21. The lowest BCUT2D eigenvalue weighted by atomic mass is 10.0. The molecule has 0 saturated carbocycles. The summed E-state index contributed by atoms with van der Waals surface area (Å²) in [5, 5.41) is 3.53. The zero-order valence-corrected chi connectivity index (χ0v) is 9.99. The molecule has 1 fully saturated rings. The number of benzene rings is 1. The number of nitrogens with one attached hydrogen (secondary N) is 1. The maximum Gasteiger partial charge on any atom is 0.0566 e. The summed E-state index contributed by atoms with van der Waals surface area (Å²) in [5.41, 5.74) is 8.97. The van der Waals surface area contributed by atoms with E-state index >= 15 is 0 Å². The van der Waals surface area contributed by atoms with E-state index in [1.165, 1.54) is 5.56 Å². The third kappa shape index (κ3) is 2.89. The van der Waals surface area contributed by atoms with Gasteiger partial charge in [0.1, 0.15) is 0 Å². The van der Waals surface area contributed by atoms with Crippen molar-refractivity contribution in [2.45, 2.75) is 38.8 Å². The van der Waals surface area contributed by atoms with Crippen LogP contribution in [0.5, 0.6) is 0 Å². The Morgan fingerprint density at radius 3 is 2.88 bits per heavy atom. The second-order valence-corrected chi connectivity index (χ2v) is 4.68. The first-order chi connectivity index (χ1) is 7.63. The summed E-state index contributed by atoms with van der Waals surface area (Å²) in [6.45, 7) is 5.03. The number of rotatable bonds is 2. The van der Waals surface area contributed by atoms with Gasteiger partial charge in [-0.2, -0.15) is 0 Å². The SMILES string of the molecule is Cc1cc(N)cc(NC2CCOC(C)C2)c1. The highest BCUT2D eigenvalue weighted by atomic mass is 16.5. The number of nitrogen functional groups attached to an aromatic ring is 1. The van der Waals surface area contributed by atoms with E-state index in [1.54, 1.807) is 0 Å². The van der Waals surface area contributed by atoms with Crippen LogP contribution < -0.4 is 11.1 Å². The van der Waals surface area contributed by atoms with E-state index < -0.39 is 0 Å². The van der Waals surface area contributed by atoms with Crippen molar-refractivity contribution in [3.63, 3.8) is 0 Å². The van der Waals surface area contributed by atoms with Crippen molar-refractivity contribution in [2.24, 2.45) is 0 Å². The van der Waals surface area contributed by atoms with Crippen molar-refractivity contribution in [2.75, 3.05) is 17.7 Å². The van der Waals surface area contributed by atoms with E-state index in [1.807, 2.05) is 12.1 Å². The van der Waals surface area contributed by atoms with Gasteiger partial charge < -0.3 is 15.8 Å². The Morgan fingerprint density at radius 2 is 2.19 bits per heavy atom. The largest absolute Gasteiger partial charge is 0.399 e. The lowest BCUT2D eigenvalue weighted by Gasteiger charge is -2.28. The van der Waals surface area contributed by atoms with Gasteiger partial charge >= 0.3 is 0 Å². The molecule has 1 aliphatic heterocycles.